The van der Waals surface area contributed by atoms with Gasteiger partial charge in [-0.25, -0.2) is 0 Å². The maximum atomic E-state index is 9.74. The number of phenolic OH excluding ortho intramolecular Hbond substituents is 1. The zero-order chi connectivity index (χ0) is 14.6. The molecule has 4 heteroatoms. The van der Waals surface area contributed by atoms with Crippen LogP contribution in [-0.2, 0) is 5.54 Å². The van der Waals surface area contributed by atoms with E-state index in [2.05, 4.69) is 5.32 Å². The van der Waals surface area contributed by atoms with Crippen molar-refractivity contribution in [1.29, 1.82) is 0 Å². The van der Waals surface area contributed by atoms with Gasteiger partial charge in [0.25, 0.3) is 0 Å². The van der Waals surface area contributed by atoms with Crippen LogP contribution < -0.4 is 10.1 Å². The second-order valence-corrected chi connectivity index (χ2v) is 4.90. The topological polar surface area (TPSA) is 61.7 Å². The summed E-state index contributed by atoms with van der Waals surface area (Å²) < 4.78 is 5.19. The maximum absolute atomic E-state index is 9.74. The van der Waals surface area contributed by atoms with Crippen molar-refractivity contribution in [3.05, 3.63) is 54.1 Å². The van der Waals surface area contributed by atoms with Gasteiger partial charge in [0.1, 0.15) is 11.5 Å². The third-order valence-electron chi connectivity index (χ3n) is 3.29. The number of rotatable bonds is 5. The first-order valence-electron chi connectivity index (χ1n) is 6.40. The van der Waals surface area contributed by atoms with Gasteiger partial charge in [-0.3, -0.25) is 0 Å². The fourth-order valence-corrected chi connectivity index (χ4v) is 2.07. The lowest BCUT2D eigenvalue weighted by atomic mass is 9.92. The van der Waals surface area contributed by atoms with Gasteiger partial charge in [-0.2, -0.15) is 0 Å². The molecule has 0 bridgehead atoms. The predicted molar refractivity (Wildman–Crippen MR) is 79.2 cm³/mol. The van der Waals surface area contributed by atoms with Crippen LogP contribution in [0.4, 0.5) is 5.69 Å². The SMILES string of the molecule is COc1cccc(NC(C)(CO)c2cccc(O)c2)c1. The smallest absolute Gasteiger partial charge is 0.120 e. The molecule has 1 unspecified atom stereocenters. The Balaban J connectivity index is 2.31. The van der Waals surface area contributed by atoms with E-state index in [1.807, 2.05) is 37.3 Å². The first-order chi connectivity index (χ1) is 9.57. The summed E-state index contributed by atoms with van der Waals surface area (Å²) in [6.45, 7) is 1.77. The molecule has 0 saturated carbocycles. The summed E-state index contributed by atoms with van der Waals surface area (Å²) in [6, 6.07) is 14.4. The van der Waals surface area contributed by atoms with Gasteiger partial charge < -0.3 is 20.3 Å². The molecule has 2 aromatic carbocycles. The molecule has 0 spiro atoms. The minimum absolute atomic E-state index is 0.104. The van der Waals surface area contributed by atoms with Crippen molar-refractivity contribution in [3.63, 3.8) is 0 Å². The number of phenols is 1. The van der Waals surface area contributed by atoms with Gasteiger partial charge >= 0.3 is 0 Å². The fourth-order valence-electron chi connectivity index (χ4n) is 2.07. The highest BCUT2D eigenvalue weighted by Gasteiger charge is 2.26. The Morgan fingerprint density at radius 3 is 2.55 bits per heavy atom. The number of anilines is 1. The number of nitrogens with one attached hydrogen (secondary N) is 1. The van der Waals surface area contributed by atoms with Crippen molar-refractivity contribution in [2.75, 3.05) is 19.0 Å². The van der Waals surface area contributed by atoms with Crippen LogP contribution in [0.15, 0.2) is 48.5 Å². The minimum atomic E-state index is -0.689. The van der Waals surface area contributed by atoms with E-state index in [4.69, 9.17) is 4.74 Å². The second-order valence-electron chi connectivity index (χ2n) is 4.90. The number of hydrogen-bond donors (Lipinski definition) is 3. The minimum Gasteiger partial charge on any atom is -0.508 e. The van der Waals surface area contributed by atoms with E-state index < -0.39 is 5.54 Å². The molecule has 106 valence electrons. The Morgan fingerprint density at radius 1 is 1.15 bits per heavy atom. The van der Waals surface area contributed by atoms with E-state index >= 15 is 0 Å². The molecule has 3 N–H and O–H groups in total. The van der Waals surface area contributed by atoms with E-state index in [1.165, 1.54) is 0 Å². The van der Waals surface area contributed by atoms with Gasteiger partial charge in [0.15, 0.2) is 0 Å². The molecule has 2 aromatic rings. The molecular weight excluding hydrogens is 254 g/mol. The molecule has 0 fully saturated rings. The highest BCUT2D eigenvalue weighted by molar-refractivity contribution is 5.52. The standard InChI is InChI=1S/C16H19NO3/c1-16(11-18,12-5-3-7-14(19)9-12)17-13-6-4-8-15(10-13)20-2/h3-10,17-19H,11H2,1-2H3. The van der Waals surface area contributed by atoms with Crippen molar-refractivity contribution in [1.82, 2.24) is 0 Å². The Labute approximate surface area is 118 Å². The van der Waals surface area contributed by atoms with Crippen LogP contribution in [0.25, 0.3) is 0 Å². The summed E-state index contributed by atoms with van der Waals surface area (Å²) >= 11 is 0. The fraction of sp³-hybridized carbons (Fsp3) is 0.250. The number of benzene rings is 2. The van der Waals surface area contributed by atoms with Gasteiger partial charge in [-0.1, -0.05) is 18.2 Å². The Kier molecular flexibility index (Phi) is 4.15. The Bertz CT molecular complexity index is 585. The van der Waals surface area contributed by atoms with Gasteiger partial charge in [-0.15, -0.1) is 0 Å². The van der Waals surface area contributed by atoms with Crippen molar-refractivity contribution < 1.29 is 14.9 Å². The molecule has 1 atom stereocenters. The number of aliphatic hydroxyl groups excluding tert-OH is 1. The van der Waals surface area contributed by atoms with Gasteiger partial charge in [-0.05, 0) is 36.8 Å². The average molecular weight is 273 g/mol. The molecule has 0 heterocycles. The van der Waals surface area contributed by atoms with Crippen molar-refractivity contribution in [2.45, 2.75) is 12.5 Å². The molecule has 0 amide bonds. The van der Waals surface area contributed by atoms with Crippen LogP contribution in [0.3, 0.4) is 0 Å². The number of methoxy groups -OCH3 is 1. The van der Waals surface area contributed by atoms with Gasteiger partial charge in [0.05, 0.1) is 19.3 Å². The molecule has 0 radical (unpaired) electrons. The van der Waals surface area contributed by atoms with E-state index in [-0.39, 0.29) is 12.4 Å². The van der Waals surface area contributed by atoms with Crippen LogP contribution >= 0.6 is 0 Å². The number of aromatic hydroxyl groups is 1. The summed E-state index contributed by atoms with van der Waals surface area (Å²) in [5.74, 6) is 0.917. The van der Waals surface area contributed by atoms with Crippen molar-refractivity contribution in [2.24, 2.45) is 0 Å². The summed E-state index contributed by atoms with van der Waals surface area (Å²) in [4.78, 5) is 0. The second kappa shape index (κ2) is 5.84. The summed E-state index contributed by atoms with van der Waals surface area (Å²) in [5.41, 5.74) is 0.956. The van der Waals surface area contributed by atoms with Crippen molar-refractivity contribution >= 4 is 5.69 Å². The molecule has 2 rings (SSSR count). The molecule has 0 aliphatic heterocycles. The molecular formula is C16H19NO3. The first-order valence-corrected chi connectivity index (χ1v) is 6.40. The van der Waals surface area contributed by atoms with Crippen molar-refractivity contribution in [3.8, 4) is 11.5 Å². The maximum Gasteiger partial charge on any atom is 0.120 e. The lowest BCUT2D eigenvalue weighted by Gasteiger charge is -2.30. The molecule has 0 aliphatic rings. The molecule has 0 aromatic heterocycles. The largest absolute Gasteiger partial charge is 0.508 e. The third-order valence-corrected chi connectivity index (χ3v) is 3.29. The third kappa shape index (κ3) is 3.03. The van der Waals surface area contributed by atoms with Gasteiger partial charge in [0, 0.05) is 11.8 Å². The van der Waals surface area contributed by atoms with Crippen LogP contribution in [0, 0.1) is 0 Å². The van der Waals surface area contributed by atoms with Crippen LogP contribution in [0.2, 0.25) is 0 Å². The Morgan fingerprint density at radius 2 is 1.90 bits per heavy atom. The molecule has 4 nitrogen and oxygen atoms in total. The van der Waals surface area contributed by atoms with E-state index in [0.29, 0.717) is 0 Å². The number of ether oxygens (including phenoxy) is 1. The molecule has 0 saturated heterocycles. The number of aliphatic hydroxyl groups is 1. The zero-order valence-corrected chi connectivity index (χ0v) is 11.6. The molecule has 20 heavy (non-hydrogen) atoms. The first kappa shape index (κ1) is 14.2. The monoisotopic (exact) mass is 273 g/mol. The Hall–Kier alpha value is -2.20. The van der Waals surface area contributed by atoms with E-state index in [1.54, 1.807) is 25.3 Å². The summed E-state index contributed by atoms with van der Waals surface area (Å²) in [5, 5.41) is 22.6. The summed E-state index contributed by atoms with van der Waals surface area (Å²) in [7, 11) is 1.61. The lowest BCUT2D eigenvalue weighted by molar-refractivity contribution is 0.223. The highest BCUT2D eigenvalue weighted by atomic mass is 16.5. The highest BCUT2D eigenvalue weighted by Crippen LogP contribution is 2.29. The predicted octanol–water partition coefficient (Wildman–Crippen LogP) is 2.72. The van der Waals surface area contributed by atoms with Crippen LogP contribution in [0.1, 0.15) is 12.5 Å². The average Bonchev–Trinajstić information content (AvgIpc) is 2.47. The summed E-state index contributed by atoms with van der Waals surface area (Å²) in [6.07, 6.45) is 0. The zero-order valence-electron chi connectivity index (χ0n) is 11.6. The van der Waals surface area contributed by atoms with Crippen LogP contribution in [0.5, 0.6) is 11.5 Å². The number of hydrogen-bond acceptors (Lipinski definition) is 4. The van der Waals surface area contributed by atoms with Gasteiger partial charge in [0.2, 0.25) is 0 Å². The van der Waals surface area contributed by atoms with E-state index in [9.17, 15) is 10.2 Å². The van der Waals surface area contributed by atoms with E-state index in [0.717, 1.165) is 17.0 Å². The normalized spacial score (nSPS) is 13.6. The quantitative estimate of drug-likeness (QED) is 0.784. The van der Waals surface area contributed by atoms with Crippen LogP contribution in [-0.4, -0.2) is 23.9 Å². The lowest BCUT2D eigenvalue weighted by Crippen LogP contribution is -2.35. The molecule has 0 aliphatic carbocycles.